The molecule has 0 aliphatic carbocycles. The van der Waals surface area contributed by atoms with Gasteiger partial charge in [0.2, 0.25) is 0 Å². The van der Waals surface area contributed by atoms with Crippen molar-refractivity contribution in [2.24, 2.45) is 0 Å². The highest BCUT2D eigenvalue weighted by atomic mass is 16.6. The van der Waals surface area contributed by atoms with Crippen molar-refractivity contribution in [3.63, 3.8) is 0 Å². The number of hydrogen-bond donors (Lipinski definition) is 2. The zero-order chi connectivity index (χ0) is 22.2. The highest BCUT2D eigenvalue weighted by Gasteiger charge is 2.13. The Morgan fingerprint density at radius 2 is 1.65 bits per heavy atom. The van der Waals surface area contributed by atoms with Gasteiger partial charge < -0.3 is 15.4 Å². The fourth-order valence-corrected chi connectivity index (χ4v) is 2.77. The van der Waals surface area contributed by atoms with E-state index in [0.29, 0.717) is 23.5 Å². The molecule has 158 valence electrons. The fourth-order valence-electron chi connectivity index (χ4n) is 2.77. The molecule has 3 rings (SSSR count). The van der Waals surface area contributed by atoms with E-state index in [-0.39, 0.29) is 18.2 Å². The molecule has 0 atom stereocenters. The Balaban J connectivity index is 1.57. The van der Waals surface area contributed by atoms with Crippen molar-refractivity contribution < 1.29 is 19.2 Å². The molecule has 8 heteroatoms. The molecule has 0 heterocycles. The summed E-state index contributed by atoms with van der Waals surface area (Å²) in [6.07, 6.45) is 0. The summed E-state index contributed by atoms with van der Waals surface area (Å²) in [5.74, 6) is -0.449. The molecule has 0 aliphatic rings. The van der Waals surface area contributed by atoms with Crippen LogP contribution in [0.2, 0.25) is 0 Å². The predicted octanol–water partition coefficient (Wildman–Crippen LogP) is 3.85. The van der Waals surface area contributed by atoms with Gasteiger partial charge in [-0.3, -0.25) is 19.7 Å². The van der Waals surface area contributed by atoms with Gasteiger partial charge in [0, 0.05) is 18.7 Å². The topological polar surface area (TPSA) is 111 Å². The second kappa shape index (κ2) is 10.0. The Hall–Kier alpha value is -4.20. The quantitative estimate of drug-likeness (QED) is 0.426. The molecule has 0 fully saturated rings. The maximum absolute atomic E-state index is 12.6. The van der Waals surface area contributed by atoms with E-state index in [9.17, 15) is 19.7 Å². The average molecular weight is 419 g/mol. The summed E-state index contributed by atoms with van der Waals surface area (Å²) in [6, 6.07) is 19.9. The Bertz CT molecular complexity index is 1080. The fraction of sp³-hybridized carbons (Fsp3) is 0.130. The van der Waals surface area contributed by atoms with Gasteiger partial charge in [-0.2, -0.15) is 0 Å². The van der Waals surface area contributed by atoms with Gasteiger partial charge in [-0.15, -0.1) is 0 Å². The average Bonchev–Trinajstić information content (AvgIpc) is 2.78. The number of para-hydroxylation sites is 1. The van der Waals surface area contributed by atoms with Gasteiger partial charge in [-0.1, -0.05) is 42.0 Å². The minimum absolute atomic E-state index is 0.0672. The SMILES string of the molecule is Cc1ccc(CNC(=O)c2ccccc2NC(=O)COc2ccc([N+](=O)[O-])cc2)cc1. The lowest BCUT2D eigenvalue weighted by molar-refractivity contribution is -0.384. The van der Waals surface area contributed by atoms with Crippen LogP contribution in [0.3, 0.4) is 0 Å². The van der Waals surface area contributed by atoms with Gasteiger partial charge in [-0.05, 0) is 36.8 Å². The smallest absolute Gasteiger partial charge is 0.269 e. The summed E-state index contributed by atoms with van der Waals surface area (Å²) in [6.45, 7) is 2.05. The second-order valence-electron chi connectivity index (χ2n) is 6.80. The Morgan fingerprint density at radius 3 is 2.32 bits per heavy atom. The third-order valence-corrected chi connectivity index (χ3v) is 4.44. The third-order valence-electron chi connectivity index (χ3n) is 4.44. The van der Waals surface area contributed by atoms with Gasteiger partial charge in [0.1, 0.15) is 5.75 Å². The molecule has 0 radical (unpaired) electrons. The molecule has 8 nitrogen and oxygen atoms in total. The number of benzene rings is 3. The Labute approximate surface area is 179 Å². The lowest BCUT2D eigenvalue weighted by Gasteiger charge is -2.12. The maximum atomic E-state index is 12.6. The first kappa shape index (κ1) is 21.5. The van der Waals surface area contributed by atoms with Crippen molar-refractivity contribution in [2.75, 3.05) is 11.9 Å². The van der Waals surface area contributed by atoms with Crippen LogP contribution in [0.15, 0.2) is 72.8 Å². The zero-order valence-corrected chi connectivity index (χ0v) is 16.8. The van der Waals surface area contributed by atoms with Crippen LogP contribution in [-0.2, 0) is 11.3 Å². The zero-order valence-electron chi connectivity index (χ0n) is 16.8. The molecule has 0 aliphatic heterocycles. The van der Waals surface area contributed by atoms with Crippen LogP contribution in [0.25, 0.3) is 0 Å². The van der Waals surface area contributed by atoms with Crippen LogP contribution >= 0.6 is 0 Å². The molecule has 0 saturated heterocycles. The number of nitrogens with zero attached hydrogens (tertiary/aromatic N) is 1. The highest BCUT2D eigenvalue weighted by Crippen LogP contribution is 2.18. The lowest BCUT2D eigenvalue weighted by Crippen LogP contribution is -2.26. The van der Waals surface area contributed by atoms with Crippen molar-refractivity contribution in [1.29, 1.82) is 0 Å². The third kappa shape index (κ3) is 6.14. The van der Waals surface area contributed by atoms with Crippen LogP contribution in [-0.4, -0.2) is 23.3 Å². The number of ether oxygens (including phenoxy) is 1. The summed E-state index contributed by atoms with van der Waals surface area (Å²) in [4.78, 5) is 35.0. The number of amides is 2. The molecular weight excluding hydrogens is 398 g/mol. The van der Waals surface area contributed by atoms with Gasteiger partial charge in [0.25, 0.3) is 17.5 Å². The van der Waals surface area contributed by atoms with Gasteiger partial charge in [0.15, 0.2) is 6.61 Å². The second-order valence-corrected chi connectivity index (χ2v) is 6.80. The summed E-state index contributed by atoms with van der Waals surface area (Å²) in [5.41, 5.74) is 2.73. The number of aryl methyl sites for hydroxylation is 1. The van der Waals surface area contributed by atoms with Crippen molar-refractivity contribution in [1.82, 2.24) is 5.32 Å². The standard InChI is InChI=1S/C23H21N3O5/c1-16-6-8-17(9-7-16)14-24-23(28)20-4-2-3-5-21(20)25-22(27)15-31-19-12-10-18(11-13-19)26(29)30/h2-13H,14-15H2,1H3,(H,24,28)(H,25,27). The number of nitrogens with one attached hydrogen (secondary N) is 2. The molecule has 0 bridgehead atoms. The van der Waals surface area contributed by atoms with E-state index >= 15 is 0 Å². The summed E-state index contributed by atoms with van der Waals surface area (Å²) >= 11 is 0. The van der Waals surface area contributed by atoms with Crippen LogP contribution in [0.5, 0.6) is 5.75 Å². The van der Waals surface area contributed by atoms with Crippen molar-refractivity contribution in [3.8, 4) is 5.75 Å². The van der Waals surface area contributed by atoms with Crippen LogP contribution in [0, 0.1) is 17.0 Å². The largest absolute Gasteiger partial charge is 0.484 e. The minimum Gasteiger partial charge on any atom is -0.484 e. The minimum atomic E-state index is -0.517. The monoisotopic (exact) mass is 419 g/mol. The molecule has 2 N–H and O–H groups in total. The van der Waals surface area contributed by atoms with Crippen LogP contribution in [0.4, 0.5) is 11.4 Å². The van der Waals surface area contributed by atoms with Crippen LogP contribution in [0.1, 0.15) is 21.5 Å². The first-order chi connectivity index (χ1) is 14.9. The highest BCUT2D eigenvalue weighted by molar-refractivity contribution is 6.04. The van der Waals surface area contributed by atoms with Crippen molar-refractivity contribution in [3.05, 3.63) is 99.6 Å². The van der Waals surface area contributed by atoms with E-state index in [4.69, 9.17) is 4.74 Å². The molecular formula is C23H21N3O5. The molecule has 3 aromatic carbocycles. The summed E-state index contributed by atoms with van der Waals surface area (Å²) in [5, 5.41) is 16.2. The molecule has 0 saturated carbocycles. The van der Waals surface area contributed by atoms with Crippen molar-refractivity contribution in [2.45, 2.75) is 13.5 Å². The van der Waals surface area contributed by atoms with E-state index in [1.54, 1.807) is 24.3 Å². The lowest BCUT2D eigenvalue weighted by atomic mass is 10.1. The number of anilines is 1. The predicted molar refractivity (Wildman–Crippen MR) is 116 cm³/mol. The van der Waals surface area contributed by atoms with E-state index in [2.05, 4.69) is 10.6 Å². The molecule has 2 amide bonds. The number of rotatable bonds is 8. The number of nitro groups is 1. The Morgan fingerprint density at radius 1 is 0.968 bits per heavy atom. The molecule has 0 aromatic heterocycles. The first-order valence-electron chi connectivity index (χ1n) is 9.52. The van der Waals surface area contributed by atoms with E-state index in [1.807, 2.05) is 31.2 Å². The number of carbonyl (C=O) groups is 2. The normalized spacial score (nSPS) is 10.2. The van der Waals surface area contributed by atoms with Crippen LogP contribution < -0.4 is 15.4 Å². The number of nitro benzene ring substituents is 1. The number of non-ortho nitro benzene ring substituents is 1. The molecule has 31 heavy (non-hydrogen) atoms. The maximum Gasteiger partial charge on any atom is 0.269 e. The number of carbonyl (C=O) groups excluding carboxylic acids is 2. The summed E-state index contributed by atoms with van der Waals surface area (Å²) in [7, 11) is 0. The van der Waals surface area contributed by atoms with E-state index < -0.39 is 10.8 Å². The van der Waals surface area contributed by atoms with Gasteiger partial charge in [0.05, 0.1) is 16.2 Å². The van der Waals surface area contributed by atoms with E-state index in [0.717, 1.165) is 11.1 Å². The van der Waals surface area contributed by atoms with Crippen molar-refractivity contribution >= 4 is 23.2 Å². The molecule has 3 aromatic rings. The number of hydrogen-bond acceptors (Lipinski definition) is 5. The first-order valence-corrected chi connectivity index (χ1v) is 9.52. The molecule has 0 unspecified atom stereocenters. The van der Waals surface area contributed by atoms with E-state index in [1.165, 1.54) is 24.3 Å². The summed E-state index contributed by atoms with van der Waals surface area (Å²) < 4.78 is 5.35. The Kier molecular flexibility index (Phi) is 6.95. The molecule has 0 spiro atoms. The van der Waals surface area contributed by atoms with Gasteiger partial charge >= 0.3 is 0 Å². The van der Waals surface area contributed by atoms with Gasteiger partial charge in [-0.25, -0.2) is 0 Å².